The summed E-state index contributed by atoms with van der Waals surface area (Å²) in [6.07, 6.45) is 1.63. The molecule has 134 valence electrons. The smallest absolute Gasteiger partial charge is 0.226 e. The molecule has 1 amide bonds. The normalized spacial score (nSPS) is 11.4. The number of hydrogen-bond donors (Lipinski definition) is 1. The topological polar surface area (TPSA) is 55.1 Å². The maximum atomic E-state index is 12.4. The largest absolute Gasteiger partial charge is 0.444 e. The molecule has 26 heavy (non-hydrogen) atoms. The Morgan fingerprint density at radius 1 is 1.12 bits per heavy atom. The third-order valence-electron chi connectivity index (χ3n) is 4.01. The minimum Gasteiger partial charge on any atom is -0.444 e. The van der Waals surface area contributed by atoms with E-state index in [0.717, 1.165) is 11.1 Å². The van der Waals surface area contributed by atoms with Crippen LogP contribution in [0.4, 0.5) is 0 Å². The lowest BCUT2D eigenvalue weighted by Crippen LogP contribution is -2.41. The molecule has 0 atom stereocenters. The number of carbonyl (C=O) groups excluding carboxylic acids is 1. The molecule has 1 aromatic heterocycles. The number of benzene rings is 2. The first-order valence-corrected chi connectivity index (χ1v) is 8.87. The number of nitrogens with one attached hydrogen (secondary N) is 1. The quantitative estimate of drug-likeness (QED) is 0.649. The second kappa shape index (κ2) is 7.52. The summed E-state index contributed by atoms with van der Waals surface area (Å²) < 4.78 is 5.47. The monoisotopic (exact) mass is 388 g/mol. The molecule has 0 aliphatic carbocycles. The molecule has 0 spiro atoms. The summed E-state index contributed by atoms with van der Waals surface area (Å²) in [6, 6.07) is 14.9. The summed E-state index contributed by atoms with van der Waals surface area (Å²) in [4.78, 5) is 16.8. The van der Waals surface area contributed by atoms with Crippen molar-refractivity contribution in [2.24, 2.45) is 0 Å². The summed E-state index contributed by atoms with van der Waals surface area (Å²) in [6.45, 7) is 3.81. The van der Waals surface area contributed by atoms with E-state index in [2.05, 4.69) is 10.3 Å². The zero-order chi connectivity index (χ0) is 18.7. The third-order valence-corrected chi connectivity index (χ3v) is 4.75. The molecule has 3 rings (SSSR count). The zero-order valence-electron chi connectivity index (χ0n) is 14.4. The van der Waals surface area contributed by atoms with E-state index in [-0.39, 0.29) is 12.3 Å². The SMILES string of the molecule is CC(C)(NC(=O)Cc1coc(-c2ccccc2)n1)c1ccc(Cl)c(Cl)c1. The third kappa shape index (κ3) is 4.26. The van der Waals surface area contributed by atoms with Crippen LogP contribution in [-0.4, -0.2) is 10.9 Å². The van der Waals surface area contributed by atoms with Gasteiger partial charge in [0.25, 0.3) is 0 Å². The second-order valence-corrected chi connectivity index (χ2v) is 7.30. The average Bonchev–Trinajstić information content (AvgIpc) is 3.06. The minimum absolute atomic E-state index is 0.126. The van der Waals surface area contributed by atoms with E-state index in [9.17, 15) is 4.79 Å². The molecule has 0 fully saturated rings. The average molecular weight is 389 g/mol. The summed E-state index contributed by atoms with van der Waals surface area (Å²) in [5.74, 6) is 0.339. The summed E-state index contributed by atoms with van der Waals surface area (Å²) >= 11 is 12.0. The minimum atomic E-state index is -0.600. The van der Waals surface area contributed by atoms with Crippen molar-refractivity contribution in [1.29, 1.82) is 0 Å². The molecule has 6 heteroatoms. The Morgan fingerprint density at radius 3 is 2.54 bits per heavy atom. The molecule has 1 heterocycles. The molecular weight excluding hydrogens is 371 g/mol. The van der Waals surface area contributed by atoms with Crippen molar-refractivity contribution in [2.45, 2.75) is 25.8 Å². The Hall–Kier alpha value is -2.30. The van der Waals surface area contributed by atoms with E-state index in [1.165, 1.54) is 6.26 Å². The van der Waals surface area contributed by atoms with Gasteiger partial charge in [0.2, 0.25) is 11.8 Å². The predicted molar refractivity (Wildman–Crippen MR) is 103 cm³/mol. The first-order chi connectivity index (χ1) is 12.3. The standard InChI is InChI=1S/C20H18Cl2N2O2/c1-20(2,14-8-9-16(21)17(22)10-14)24-18(25)11-15-12-26-19(23-15)13-6-4-3-5-7-13/h3-10,12H,11H2,1-2H3,(H,24,25). The van der Waals surface area contributed by atoms with Gasteiger partial charge in [-0.05, 0) is 43.7 Å². The Balaban J connectivity index is 1.68. The van der Waals surface area contributed by atoms with Crippen LogP contribution in [0, 0.1) is 0 Å². The Labute approximate surface area is 162 Å². The maximum absolute atomic E-state index is 12.4. The molecule has 0 saturated heterocycles. The molecule has 0 aliphatic heterocycles. The van der Waals surface area contributed by atoms with Crippen molar-refractivity contribution in [1.82, 2.24) is 10.3 Å². The number of halogens is 2. The van der Waals surface area contributed by atoms with Gasteiger partial charge in [-0.1, -0.05) is 47.5 Å². The van der Waals surface area contributed by atoms with Gasteiger partial charge in [0.05, 0.1) is 27.7 Å². The van der Waals surface area contributed by atoms with Crippen LogP contribution >= 0.6 is 23.2 Å². The zero-order valence-corrected chi connectivity index (χ0v) is 15.9. The van der Waals surface area contributed by atoms with Crippen molar-refractivity contribution >= 4 is 29.1 Å². The van der Waals surface area contributed by atoms with Crippen LogP contribution in [0.15, 0.2) is 59.2 Å². The lowest BCUT2D eigenvalue weighted by molar-refractivity contribution is -0.122. The van der Waals surface area contributed by atoms with Gasteiger partial charge < -0.3 is 9.73 Å². The van der Waals surface area contributed by atoms with Crippen molar-refractivity contribution in [2.75, 3.05) is 0 Å². The molecular formula is C20H18Cl2N2O2. The van der Waals surface area contributed by atoms with Crippen LogP contribution < -0.4 is 5.32 Å². The lowest BCUT2D eigenvalue weighted by Gasteiger charge is -2.27. The van der Waals surface area contributed by atoms with Gasteiger partial charge in [0.1, 0.15) is 6.26 Å². The van der Waals surface area contributed by atoms with Gasteiger partial charge in [-0.3, -0.25) is 4.79 Å². The number of aromatic nitrogens is 1. The fraction of sp³-hybridized carbons (Fsp3) is 0.200. The molecule has 0 aliphatic rings. The fourth-order valence-corrected chi connectivity index (χ4v) is 2.91. The molecule has 0 saturated carbocycles. The summed E-state index contributed by atoms with van der Waals surface area (Å²) in [5.41, 5.74) is 1.71. The van der Waals surface area contributed by atoms with E-state index in [1.54, 1.807) is 12.1 Å². The number of rotatable bonds is 5. The van der Waals surface area contributed by atoms with Gasteiger partial charge in [0.15, 0.2) is 0 Å². The molecule has 0 bridgehead atoms. The van der Waals surface area contributed by atoms with Gasteiger partial charge in [-0.2, -0.15) is 0 Å². The molecule has 4 nitrogen and oxygen atoms in total. The van der Waals surface area contributed by atoms with Crippen LogP contribution in [0.5, 0.6) is 0 Å². The summed E-state index contributed by atoms with van der Waals surface area (Å²) in [7, 11) is 0. The number of hydrogen-bond acceptors (Lipinski definition) is 3. The highest BCUT2D eigenvalue weighted by Crippen LogP contribution is 2.28. The summed E-state index contributed by atoms with van der Waals surface area (Å²) in [5, 5.41) is 3.93. The van der Waals surface area contributed by atoms with Gasteiger partial charge in [-0.25, -0.2) is 4.98 Å². The van der Waals surface area contributed by atoms with Crippen molar-refractivity contribution in [3.63, 3.8) is 0 Å². The van der Waals surface area contributed by atoms with Crippen LogP contribution in [0.2, 0.25) is 10.0 Å². The van der Waals surface area contributed by atoms with Crippen molar-refractivity contribution in [3.05, 3.63) is 76.1 Å². The highest BCUT2D eigenvalue weighted by atomic mass is 35.5. The van der Waals surface area contributed by atoms with Crippen molar-refractivity contribution in [3.8, 4) is 11.5 Å². The Kier molecular flexibility index (Phi) is 5.35. The van der Waals surface area contributed by atoms with E-state index in [0.29, 0.717) is 21.6 Å². The van der Waals surface area contributed by atoms with Gasteiger partial charge in [-0.15, -0.1) is 0 Å². The van der Waals surface area contributed by atoms with E-state index >= 15 is 0 Å². The first-order valence-electron chi connectivity index (χ1n) is 8.11. The Bertz CT molecular complexity index is 921. The number of oxazole rings is 1. The van der Waals surface area contributed by atoms with Crippen LogP contribution in [0.3, 0.4) is 0 Å². The van der Waals surface area contributed by atoms with Gasteiger partial charge >= 0.3 is 0 Å². The highest BCUT2D eigenvalue weighted by molar-refractivity contribution is 6.42. The Morgan fingerprint density at radius 2 is 1.85 bits per heavy atom. The fourth-order valence-electron chi connectivity index (χ4n) is 2.62. The number of nitrogens with zero attached hydrogens (tertiary/aromatic N) is 1. The molecule has 0 radical (unpaired) electrons. The van der Waals surface area contributed by atoms with E-state index in [1.807, 2.05) is 50.2 Å². The number of amides is 1. The first kappa shape index (κ1) is 18.5. The van der Waals surface area contributed by atoms with Crippen LogP contribution in [-0.2, 0) is 16.8 Å². The predicted octanol–water partition coefficient (Wildman–Crippen LogP) is 5.24. The molecule has 0 unspecified atom stereocenters. The molecule has 1 N–H and O–H groups in total. The highest BCUT2D eigenvalue weighted by Gasteiger charge is 2.24. The molecule has 2 aromatic carbocycles. The molecule has 3 aromatic rings. The van der Waals surface area contributed by atoms with E-state index in [4.69, 9.17) is 27.6 Å². The lowest BCUT2D eigenvalue weighted by atomic mass is 9.94. The van der Waals surface area contributed by atoms with Crippen LogP contribution in [0.25, 0.3) is 11.5 Å². The van der Waals surface area contributed by atoms with Crippen LogP contribution in [0.1, 0.15) is 25.1 Å². The second-order valence-electron chi connectivity index (χ2n) is 6.49. The van der Waals surface area contributed by atoms with Crippen molar-refractivity contribution < 1.29 is 9.21 Å². The van der Waals surface area contributed by atoms with E-state index < -0.39 is 5.54 Å². The number of carbonyl (C=O) groups is 1. The maximum Gasteiger partial charge on any atom is 0.226 e. The van der Waals surface area contributed by atoms with Gasteiger partial charge in [0, 0.05) is 5.56 Å².